The van der Waals surface area contributed by atoms with E-state index in [9.17, 15) is 4.79 Å². The van der Waals surface area contributed by atoms with Crippen molar-refractivity contribution in [1.29, 1.82) is 0 Å². The van der Waals surface area contributed by atoms with Crippen LogP contribution in [0, 0.1) is 0 Å². The highest BCUT2D eigenvalue weighted by Crippen LogP contribution is 2.35. The number of hydrogen-bond donors (Lipinski definition) is 1. The van der Waals surface area contributed by atoms with Crippen LogP contribution in [0.25, 0.3) is 0 Å². The predicted molar refractivity (Wildman–Crippen MR) is 112 cm³/mol. The second-order valence-electron chi connectivity index (χ2n) is 7.31. The van der Waals surface area contributed by atoms with Crippen molar-refractivity contribution in [2.75, 3.05) is 20.3 Å². The summed E-state index contributed by atoms with van der Waals surface area (Å²) in [5.74, 6) is 2.10. The van der Waals surface area contributed by atoms with Crippen LogP contribution in [-0.2, 0) is 28.1 Å². The molecule has 0 spiro atoms. The maximum absolute atomic E-state index is 13.2. The van der Waals surface area contributed by atoms with Crippen LogP contribution < -0.4 is 14.8 Å². The molecule has 1 aliphatic rings. The molecule has 0 bridgehead atoms. The van der Waals surface area contributed by atoms with Crippen molar-refractivity contribution in [1.82, 2.24) is 15.5 Å². The SMILES string of the molecule is COc1ccc(OCc2noc(CNC(=O)C3(c4ccccc4)CCOCC3)n2)cc1. The first-order valence-corrected chi connectivity index (χ1v) is 10.2. The van der Waals surface area contributed by atoms with Gasteiger partial charge in [-0.25, -0.2) is 0 Å². The quantitative estimate of drug-likeness (QED) is 0.595. The fourth-order valence-corrected chi connectivity index (χ4v) is 3.69. The molecule has 1 saturated heterocycles. The minimum atomic E-state index is -0.611. The summed E-state index contributed by atoms with van der Waals surface area (Å²) < 4.78 is 21.5. The zero-order chi connectivity index (χ0) is 21.5. The van der Waals surface area contributed by atoms with Crippen molar-refractivity contribution in [3.63, 3.8) is 0 Å². The Hall–Kier alpha value is -3.39. The van der Waals surface area contributed by atoms with Gasteiger partial charge in [0.1, 0.15) is 11.5 Å². The number of carbonyl (C=O) groups is 1. The molecule has 31 heavy (non-hydrogen) atoms. The lowest BCUT2D eigenvalue weighted by molar-refractivity contribution is -0.130. The zero-order valence-electron chi connectivity index (χ0n) is 17.4. The minimum absolute atomic E-state index is 0.0590. The average Bonchev–Trinajstić information content (AvgIpc) is 3.30. The smallest absolute Gasteiger partial charge is 0.246 e. The van der Waals surface area contributed by atoms with Crippen LogP contribution in [0.3, 0.4) is 0 Å². The molecule has 1 aliphatic heterocycles. The number of carbonyl (C=O) groups excluding carboxylic acids is 1. The predicted octanol–water partition coefficient (Wildman–Crippen LogP) is 3.02. The third-order valence-corrected chi connectivity index (χ3v) is 5.45. The van der Waals surface area contributed by atoms with Crippen molar-refractivity contribution in [2.45, 2.75) is 31.4 Å². The van der Waals surface area contributed by atoms with E-state index >= 15 is 0 Å². The molecule has 1 amide bonds. The van der Waals surface area contributed by atoms with E-state index in [2.05, 4.69) is 15.5 Å². The maximum atomic E-state index is 13.2. The molecule has 2 heterocycles. The number of aromatic nitrogens is 2. The molecule has 0 unspecified atom stereocenters. The summed E-state index contributed by atoms with van der Waals surface area (Å²) in [6, 6.07) is 17.1. The lowest BCUT2D eigenvalue weighted by Crippen LogP contribution is -2.47. The van der Waals surface area contributed by atoms with E-state index in [1.165, 1.54) is 0 Å². The molecule has 3 aromatic rings. The minimum Gasteiger partial charge on any atom is -0.497 e. The van der Waals surface area contributed by atoms with Gasteiger partial charge in [0.2, 0.25) is 17.6 Å². The van der Waals surface area contributed by atoms with Gasteiger partial charge in [-0.1, -0.05) is 35.5 Å². The van der Waals surface area contributed by atoms with Gasteiger partial charge in [0.05, 0.1) is 19.1 Å². The van der Waals surface area contributed by atoms with E-state index in [1.807, 2.05) is 42.5 Å². The summed E-state index contributed by atoms with van der Waals surface area (Å²) in [5.41, 5.74) is 0.384. The summed E-state index contributed by atoms with van der Waals surface area (Å²) in [7, 11) is 1.61. The summed E-state index contributed by atoms with van der Waals surface area (Å²) in [6.45, 7) is 1.42. The molecule has 0 atom stereocenters. The van der Waals surface area contributed by atoms with Gasteiger partial charge in [0.15, 0.2) is 6.61 Å². The number of amides is 1. The van der Waals surface area contributed by atoms with Gasteiger partial charge in [-0.05, 0) is 42.7 Å². The second-order valence-corrected chi connectivity index (χ2v) is 7.31. The molecule has 1 N–H and O–H groups in total. The fourth-order valence-electron chi connectivity index (χ4n) is 3.69. The van der Waals surface area contributed by atoms with Gasteiger partial charge in [-0.2, -0.15) is 4.98 Å². The van der Waals surface area contributed by atoms with Crippen molar-refractivity contribution >= 4 is 5.91 Å². The molecule has 1 aromatic heterocycles. The van der Waals surface area contributed by atoms with E-state index in [0.29, 0.717) is 43.5 Å². The normalized spacial score (nSPS) is 15.3. The molecule has 8 heteroatoms. The number of ether oxygens (including phenoxy) is 3. The topological polar surface area (TPSA) is 95.7 Å². The van der Waals surface area contributed by atoms with Gasteiger partial charge in [-0.3, -0.25) is 4.79 Å². The highest BCUT2D eigenvalue weighted by molar-refractivity contribution is 5.88. The van der Waals surface area contributed by atoms with Crippen molar-refractivity contribution < 1.29 is 23.5 Å². The second kappa shape index (κ2) is 9.61. The first-order chi connectivity index (χ1) is 15.2. The highest BCUT2D eigenvalue weighted by atomic mass is 16.5. The van der Waals surface area contributed by atoms with Crippen molar-refractivity contribution in [3.8, 4) is 11.5 Å². The first kappa shape index (κ1) is 20.9. The van der Waals surface area contributed by atoms with Crippen LogP contribution in [0.1, 0.15) is 30.1 Å². The number of rotatable bonds is 8. The molecular weight excluding hydrogens is 398 g/mol. The van der Waals surface area contributed by atoms with Crippen LogP contribution in [0.2, 0.25) is 0 Å². The Labute approximate surface area is 180 Å². The molecule has 4 rings (SSSR count). The molecule has 8 nitrogen and oxygen atoms in total. The van der Waals surface area contributed by atoms with Gasteiger partial charge in [0.25, 0.3) is 0 Å². The van der Waals surface area contributed by atoms with Crippen molar-refractivity contribution in [3.05, 3.63) is 71.9 Å². The molecule has 0 aliphatic carbocycles. The van der Waals surface area contributed by atoms with E-state index in [0.717, 1.165) is 11.3 Å². The van der Waals surface area contributed by atoms with Crippen LogP contribution in [-0.4, -0.2) is 36.4 Å². The molecular formula is C23H25N3O5. The summed E-state index contributed by atoms with van der Waals surface area (Å²) in [5, 5.41) is 6.89. The van der Waals surface area contributed by atoms with Crippen LogP contribution in [0.5, 0.6) is 11.5 Å². The molecule has 162 valence electrons. The molecule has 1 fully saturated rings. The lowest BCUT2D eigenvalue weighted by atomic mass is 9.73. The van der Waals surface area contributed by atoms with E-state index in [4.69, 9.17) is 18.7 Å². The Morgan fingerprint density at radius 1 is 1.06 bits per heavy atom. The summed E-state index contributed by atoms with van der Waals surface area (Å²) >= 11 is 0. The number of benzene rings is 2. The van der Waals surface area contributed by atoms with E-state index in [1.54, 1.807) is 19.2 Å². The fraction of sp³-hybridized carbons (Fsp3) is 0.348. The number of hydrogen-bond acceptors (Lipinski definition) is 7. The first-order valence-electron chi connectivity index (χ1n) is 10.2. The lowest BCUT2D eigenvalue weighted by Gasteiger charge is -2.36. The Bertz CT molecular complexity index is 982. The van der Waals surface area contributed by atoms with E-state index < -0.39 is 5.41 Å². The molecule has 0 radical (unpaired) electrons. The average molecular weight is 423 g/mol. The van der Waals surface area contributed by atoms with Gasteiger partial charge in [0, 0.05) is 13.2 Å². The third-order valence-electron chi connectivity index (χ3n) is 5.45. The van der Waals surface area contributed by atoms with Gasteiger partial charge >= 0.3 is 0 Å². The largest absolute Gasteiger partial charge is 0.497 e. The Balaban J connectivity index is 1.35. The number of nitrogens with zero attached hydrogens (tertiary/aromatic N) is 2. The number of nitrogens with one attached hydrogen (secondary N) is 1. The summed E-state index contributed by atoms with van der Waals surface area (Å²) in [6.07, 6.45) is 1.27. The van der Waals surface area contributed by atoms with Gasteiger partial charge < -0.3 is 24.1 Å². The monoisotopic (exact) mass is 423 g/mol. The summed E-state index contributed by atoms with van der Waals surface area (Å²) in [4.78, 5) is 17.5. The highest BCUT2D eigenvalue weighted by Gasteiger charge is 2.41. The molecule has 0 saturated carbocycles. The number of methoxy groups -OCH3 is 1. The van der Waals surface area contributed by atoms with E-state index in [-0.39, 0.29) is 19.1 Å². The van der Waals surface area contributed by atoms with Crippen LogP contribution in [0.4, 0.5) is 0 Å². The maximum Gasteiger partial charge on any atom is 0.246 e. The van der Waals surface area contributed by atoms with Gasteiger partial charge in [-0.15, -0.1) is 0 Å². The third kappa shape index (κ3) is 4.86. The Morgan fingerprint density at radius 3 is 2.48 bits per heavy atom. The van der Waals surface area contributed by atoms with Crippen LogP contribution >= 0.6 is 0 Å². The Kier molecular flexibility index (Phi) is 6.47. The Morgan fingerprint density at radius 2 is 1.77 bits per heavy atom. The standard InChI is InChI=1S/C23H25N3O5/c1-28-18-7-9-19(10-8-18)30-16-20-25-21(31-26-20)15-24-22(27)23(11-13-29-14-12-23)17-5-3-2-4-6-17/h2-10H,11-16H2,1H3,(H,24,27). The zero-order valence-corrected chi connectivity index (χ0v) is 17.4. The van der Waals surface area contributed by atoms with Crippen LogP contribution in [0.15, 0.2) is 59.1 Å². The van der Waals surface area contributed by atoms with Crippen molar-refractivity contribution in [2.24, 2.45) is 0 Å². The molecule has 2 aromatic carbocycles.